The van der Waals surface area contributed by atoms with Crippen LogP contribution in [0.15, 0.2) is 47.1 Å². The van der Waals surface area contributed by atoms with Gasteiger partial charge in [-0.05, 0) is 37.3 Å². The van der Waals surface area contributed by atoms with E-state index in [0.717, 1.165) is 0 Å². The number of nitro benzene ring substituents is 1. The van der Waals surface area contributed by atoms with Crippen LogP contribution in [0.4, 0.5) is 11.4 Å². The van der Waals surface area contributed by atoms with Crippen molar-refractivity contribution in [1.82, 2.24) is 4.90 Å². The number of carbonyl (C=O) groups is 2. The van der Waals surface area contributed by atoms with Crippen molar-refractivity contribution in [2.45, 2.75) is 6.92 Å². The van der Waals surface area contributed by atoms with Crippen molar-refractivity contribution in [3.63, 3.8) is 0 Å². The summed E-state index contributed by atoms with van der Waals surface area (Å²) in [7, 11) is 0. The fourth-order valence-corrected chi connectivity index (χ4v) is 3.09. The molecule has 0 N–H and O–H groups in total. The number of hydrogen-bond donors (Lipinski definition) is 0. The van der Waals surface area contributed by atoms with Crippen LogP contribution in [0, 0.1) is 10.1 Å². The van der Waals surface area contributed by atoms with Crippen LogP contribution < -0.4 is 4.90 Å². The van der Waals surface area contributed by atoms with Gasteiger partial charge in [0, 0.05) is 38.3 Å². The maximum Gasteiger partial charge on any atom is 0.338 e. The molecule has 0 bridgehead atoms. The predicted molar refractivity (Wildman–Crippen MR) is 106 cm³/mol. The minimum Gasteiger partial charge on any atom is -0.465 e. The molecule has 1 fully saturated rings. The first-order valence-electron chi connectivity index (χ1n) is 9.20. The van der Waals surface area contributed by atoms with Crippen molar-refractivity contribution in [3.05, 3.63) is 64.1 Å². The molecule has 1 aromatic carbocycles. The van der Waals surface area contributed by atoms with Gasteiger partial charge in [-0.25, -0.2) is 4.79 Å². The molecule has 152 valence electrons. The van der Waals surface area contributed by atoms with E-state index in [1.807, 2.05) is 4.90 Å². The molecular formula is C20H21N3O6. The van der Waals surface area contributed by atoms with Crippen LogP contribution in [0.2, 0.25) is 0 Å². The summed E-state index contributed by atoms with van der Waals surface area (Å²) in [6.45, 7) is 3.61. The molecule has 0 saturated carbocycles. The lowest BCUT2D eigenvalue weighted by Crippen LogP contribution is -2.48. The lowest BCUT2D eigenvalue weighted by molar-refractivity contribution is -0.384. The fourth-order valence-electron chi connectivity index (χ4n) is 3.09. The highest BCUT2D eigenvalue weighted by atomic mass is 16.6. The molecule has 1 aromatic heterocycles. The summed E-state index contributed by atoms with van der Waals surface area (Å²) >= 11 is 0. The van der Waals surface area contributed by atoms with Crippen LogP contribution in [0.5, 0.6) is 0 Å². The average molecular weight is 399 g/mol. The summed E-state index contributed by atoms with van der Waals surface area (Å²) in [5, 5.41) is 11.5. The molecule has 0 spiro atoms. The molecule has 2 heterocycles. The van der Waals surface area contributed by atoms with Crippen LogP contribution >= 0.6 is 0 Å². The lowest BCUT2D eigenvalue weighted by atomic mass is 10.1. The molecule has 1 aliphatic heterocycles. The predicted octanol–water partition coefficient (Wildman–Crippen LogP) is 2.73. The van der Waals surface area contributed by atoms with Gasteiger partial charge >= 0.3 is 5.97 Å². The molecule has 0 aliphatic carbocycles. The molecule has 0 radical (unpaired) electrons. The molecule has 2 aromatic rings. The fraction of sp³-hybridized carbons (Fsp3) is 0.300. The molecule has 1 aliphatic rings. The number of esters is 1. The highest BCUT2D eigenvalue weighted by molar-refractivity contribution is 5.92. The minimum absolute atomic E-state index is 0.138. The van der Waals surface area contributed by atoms with Gasteiger partial charge in [-0.3, -0.25) is 14.9 Å². The van der Waals surface area contributed by atoms with Crippen molar-refractivity contribution in [1.29, 1.82) is 0 Å². The second kappa shape index (κ2) is 9.05. The van der Waals surface area contributed by atoms with Gasteiger partial charge in [0.1, 0.15) is 11.4 Å². The Kier molecular flexibility index (Phi) is 6.28. The zero-order valence-electron chi connectivity index (χ0n) is 15.9. The van der Waals surface area contributed by atoms with Gasteiger partial charge in [0.25, 0.3) is 5.69 Å². The molecular weight excluding hydrogens is 378 g/mol. The van der Waals surface area contributed by atoms with E-state index in [9.17, 15) is 19.7 Å². The average Bonchev–Trinajstić information content (AvgIpc) is 3.25. The van der Waals surface area contributed by atoms with Crippen molar-refractivity contribution in [3.8, 4) is 0 Å². The second-order valence-electron chi connectivity index (χ2n) is 6.34. The van der Waals surface area contributed by atoms with Gasteiger partial charge in [-0.1, -0.05) is 0 Å². The number of benzene rings is 1. The Morgan fingerprint density at radius 2 is 2.00 bits per heavy atom. The zero-order chi connectivity index (χ0) is 20.8. The molecule has 29 heavy (non-hydrogen) atoms. The van der Waals surface area contributed by atoms with Crippen LogP contribution in [0.25, 0.3) is 6.08 Å². The zero-order valence-corrected chi connectivity index (χ0v) is 15.9. The molecule has 0 unspecified atom stereocenters. The van der Waals surface area contributed by atoms with E-state index < -0.39 is 10.9 Å². The number of nitro groups is 1. The van der Waals surface area contributed by atoms with Crippen molar-refractivity contribution >= 4 is 29.3 Å². The van der Waals surface area contributed by atoms with E-state index >= 15 is 0 Å². The number of hydrogen-bond acceptors (Lipinski definition) is 7. The summed E-state index contributed by atoms with van der Waals surface area (Å²) in [6.07, 6.45) is 4.59. The Bertz CT molecular complexity index is 914. The van der Waals surface area contributed by atoms with E-state index in [0.29, 0.717) is 37.6 Å². The number of furan rings is 1. The van der Waals surface area contributed by atoms with E-state index in [1.54, 1.807) is 36.1 Å². The number of amides is 1. The van der Waals surface area contributed by atoms with E-state index in [4.69, 9.17) is 9.15 Å². The molecule has 1 amide bonds. The monoisotopic (exact) mass is 399 g/mol. The SMILES string of the molecule is CCOC(=O)c1ccc(N2CCN(C(=O)/C=C/c3ccco3)CC2)c([N+](=O)[O-])c1. The first-order valence-corrected chi connectivity index (χ1v) is 9.20. The first kappa shape index (κ1) is 20.1. The topological polar surface area (TPSA) is 106 Å². The lowest BCUT2D eigenvalue weighted by Gasteiger charge is -2.35. The van der Waals surface area contributed by atoms with Crippen LogP contribution in [0.1, 0.15) is 23.0 Å². The van der Waals surface area contributed by atoms with E-state index in [-0.39, 0.29) is 23.8 Å². The quantitative estimate of drug-likeness (QED) is 0.318. The molecule has 0 atom stereocenters. The Hall–Kier alpha value is -3.62. The van der Waals surface area contributed by atoms with Gasteiger partial charge in [0.05, 0.1) is 23.4 Å². The summed E-state index contributed by atoms with van der Waals surface area (Å²) < 4.78 is 10.1. The normalized spacial score (nSPS) is 14.2. The van der Waals surface area contributed by atoms with Gasteiger partial charge < -0.3 is 19.0 Å². The molecule has 9 heteroatoms. The first-order chi connectivity index (χ1) is 14.0. The Morgan fingerprint density at radius 3 is 2.62 bits per heavy atom. The Balaban J connectivity index is 1.67. The van der Waals surface area contributed by atoms with Gasteiger partial charge in [-0.2, -0.15) is 0 Å². The van der Waals surface area contributed by atoms with Gasteiger partial charge in [0.15, 0.2) is 0 Å². The van der Waals surface area contributed by atoms with Crippen molar-refractivity contribution < 1.29 is 23.7 Å². The Labute approximate surface area is 167 Å². The van der Waals surface area contributed by atoms with E-state index in [1.165, 1.54) is 24.5 Å². The molecule has 9 nitrogen and oxygen atoms in total. The third-order valence-electron chi connectivity index (χ3n) is 4.55. The van der Waals surface area contributed by atoms with Crippen molar-refractivity contribution in [2.75, 3.05) is 37.7 Å². The molecule has 1 saturated heterocycles. The second-order valence-corrected chi connectivity index (χ2v) is 6.34. The molecule has 3 rings (SSSR count). The maximum absolute atomic E-state index is 12.3. The summed E-state index contributed by atoms with van der Waals surface area (Å²) in [6, 6.07) is 7.80. The summed E-state index contributed by atoms with van der Waals surface area (Å²) in [5.41, 5.74) is 0.397. The highest BCUT2D eigenvalue weighted by Gasteiger charge is 2.26. The van der Waals surface area contributed by atoms with Gasteiger partial charge in [-0.15, -0.1) is 0 Å². The van der Waals surface area contributed by atoms with E-state index in [2.05, 4.69) is 0 Å². The Morgan fingerprint density at radius 1 is 1.24 bits per heavy atom. The summed E-state index contributed by atoms with van der Waals surface area (Å²) in [5.74, 6) is -0.150. The number of ether oxygens (including phenoxy) is 1. The largest absolute Gasteiger partial charge is 0.465 e. The summed E-state index contributed by atoms with van der Waals surface area (Å²) in [4.78, 5) is 38.7. The number of piperazine rings is 1. The number of carbonyl (C=O) groups excluding carboxylic acids is 2. The number of anilines is 1. The highest BCUT2D eigenvalue weighted by Crippen LogP contribution is 2.30. The minimum atomic E-state index is -0.596. The standard InChI is InChI=1S/C20H21N3O6/c1-2-28-20(25)15-5-7-17(18(14-15)23(26)27)21-9-11-22(12-10-21)19(24)8-6-16-4-3-13-29-16/h3-8,13-14H,2,9-12H2,1H3/b8-6+. The third-order valence-corrected chi connectivity index (χ3v) is 4.55. The smallest absolute Gasteiger partial charge is 0.338 e. The third kappa shape index (κ3) is 4.81. The maximum atomic E-state index is 12.3. The van der Waals surface area contributed by atoms with Crippen LogP contribution in [-0.2, 0) is 9.53 Å². The van der Waals surface area contributed by atoms with Gasteiger partial charge in [0.2, 0.25) is 5.91 Å². The number of nitrogens with zero attached hydrogens (tertiary/aromatic N) is 3. The van der Waals surface area contributed by atoms with Crippen LogP contribution in [-0.4, -0.2) is 54.5 Å². The number of rotatable bonds is 6. The van der Waals surface area contributed by atoms with Crippen LogP contribution in [0.3, 0.4) is 0 Å². The van der Waals surface area contributed by atoms with Crippen molar-refractivity contribution in [2.24, 2.45) is 0 Å².